The molecule has 7 nitrogen and oxygen atoms in total. The first-order valence-corrected chi connectivity index (χ1v) is 18.6. The number of phenols is 1. The normalized spacial score (nSPS) is 14.2. The molecule has 5 aromatic rings. The lowest BCUT2D eigenvalue weighted by atomic mass is 9.93. The summed E-state index contributed by atoms with van der Waals surface area (Å²) in [5, 5.41) is 22.0. The molecule has 0 saturated heterocycles. The minimum absolute atomic E-state index is 0. The van der Waals surface area contributed by atoms with Gasteiger partial charge in [0.25, 0.3) is 0 Å². The van der Waals surface area contributed by atoms with Gasteiger partial charge in [0.15, 0.2) is 5.58 Å². The van der Waals surface area contributed by atoms with E-state index < -0.39 is 11.2 Å². The van der Waals surface area contributed by atoms with E-state index in [0.29, 0.717) is 34.4 Å². The lowest BCUT2D eigenvalue weighted by Gasteiger charge is -2.31. The Morgan fingerprint density at radius 1 is 1.00 bits per heavy atom. The molecule has 0 saturated carbocycles. The van der Waals surface area contributed by atoms with Gasteiger partial charge in [0.1, 0.15) is 39.5 Å². The third-order valence-electron chi connectivity index (χ3n) is 9.01. The van der Waals surface area contributed by atoms with Crippen LogP contribution in [0.5, 0.6) is 23.0 Å². The Kier molecular flexibility index (Phi) is 12.6. The number of rotatable bonds is 7. The van der Waals surface area contributed by atoms with Gasteiger partial charge in [0.05, 0.1) is 12.7 Å². The molecule has 0 bridgehead atoms. The number of halogens is 2. The molecule has 1 aromatic heterocycles. The van der Waals surface area contributed by atoms with Crippen LogP contribution >= 0.6 is 35.8 Å². The summed E-state index contributed by atoms with van der Waals surface area (Å²) >= 11 is 8.03. The summed E-state index contributed by atoms with van der Waals surface area (Å²) in [4.78, 5) is 17.8. The molecule has 2 N–H and O–H groups in total. The Hall–Kier alpha value is -4.60. The third-order valence-corrected chi connectivity index (χ3v) is 10.4. The van der Waals surface area contributed by atoms with Crippen molar-refractivity contribution in [2.24, 2.45) is 0 Å². The van der Waals surface area contributed by atoms with Crippen molar-refractivity contribution in [3.05, 3.63) is 128 Å². The summed E-state index contributed by atoms with van der Waals surface area (Å²) in [6.45, 7) is 8.94. The van der Waals surface area contributed by atoms with Crippen molar-refractivity contribution in [1.29, 1.82) is 0 Å². The van der Waals surface area contributed by atoms with Crippen molar-refractivity contribution in [3.8, 4) is 34.1 Å². The monoisotopic (exact) mass is 785 g/mol. The maximum absolute atomic E-state index is 12.9. The van der Waals surface area contributed by atoms with Crippen molar-refractivity contribution in [2.75, 3.05) is 27.7 Å². The molecule has 0 fully saturated rings. The quantitative estimate of drug-likeness (QED) is 0.122. The first-order chi connectivity index (χ1) is 25.3. The van der Waals surface area contributed by atoms with Crippen LogP contribution in [0.1, 0.15) is 56.4 Å². The number of phenolic OH excluding ortho intramolecular Hbond substituents is 1. The molecule has 3 heterocycles. The van der Waals surface area contributed by atoms with Crippen LogP contribution in [0.15, 0.2) is 110 Å². The molecule has 0 aliphatic carbocycles. The summed E-state index contributed by atoms with van der Waals surface area (Å²) in [6, 6.07) is 20.8. The number of hydrogen-bond donors (Lipinski definition) is 2. The van der Waals surface area contributed by atoms with Gasteiger partial charge in [-0.3, -0.25) is 0 Å². The molecule has 0 atom stereocenters. The third kappa shape index (κ3) is 8.53. The second-order valence-electron chi connectivity index (χ2n) is 14.1. The second-order valence-corrected chi connectivity index (χ2v) is 15.6. The first kappa shape index (κ1) is 40.6. The highest BCUT2D eigenvalue weighted by molar-refractivity contribution is 7.99. The minimum atomic E-state index is -0.694. The van der Waals surface area contributed by atoms with Gasteiger partial charge in [-0.25, -0.2) is 4.79 Å². The molecule has 7 rings (SSSR count). The summed E-state index contributed by atoms with van der Waals surface area (Å²) in [5.74, 6) is 0.778. The van der Waals surface area contributed by atoms with Crippen LogP contribution in [0.2, 0.25) is 5.02 Å². The Morgan fingerprint density at radius 3 is 2.39 bits per heavy atom. The van der Waals surface area contributed by atoms with E-state index in [1.807, 2.05) is 57.7 Å². The average Bonchev–Trinajstić information content (AvgIpc) is 3.11. The van der Waals surface area contributed by atoms with E-state index in [2.05, 4.69) is 67.5 Å². The highest BCUT2D eigenvalue weighted by atomic mass is 35.5. The van der Waals surface area contributed by atoms with Crippen molar-refractivity contribution in [2.45, 2.75) is 55.9 Å². The average molecular weight is 787 g/mol. The van der Waals surface area contributed by atoms with Gasteiger partial charge in [0, 0.05) is 26.9 Å². The van der Waals surface area contributed by atoms with Gasteiger partial charge in [0.2, 0.25) is 0 Å². The smallest absolute Gasteiger partial charge is 0.348 e. The zero-order chi connectivity index (χ0) is 38.0. The van der Waals surface area contributed by atoms with Crippen LogP contribution in [0.4, 0.5) is 0 Å². The predicted molar refractivity (Wildman–Crippen MR) is 224 cm³/mol. The van der Waals surface area contributed by atoms with Gasteiger partial charge >= 0.3 is 5.63 Å². The summed E-state index contributed by atoms with van der Waals surface area (Å²) in [6.07, 6.45) is 9.68. The minimum Gasteiger partial charge on any atom is -0.508 e. The summed E-state index contributed by atoms with van der Waals surface area (Å²) < 4.78 is 17.8. The largest absolute Gasteiger partial charge is 0.508 e. The number of aromatic hydroxyl groups is 2. The SMILES string of the molecule is CN(C)CCC=C1c2ccccc2Sc2ccc(Cl)cc21.COc1c(CC=C(C)C)c2c(c3oc(=O)c(-c4ccc(O)cc4)c(O)c13)C=CC(C)(C)O2.Cl. The molecular weight excluding hydrogens is 741 g/mol. The Bertz CT molecular complexity index is 2340. The fraction of sp³-hybridized carbons (Fsp3) is 0.250. The highest BCUT2D eigenvalue weighted by Gasteiger charge is 2.32. The number of ether oxygens (including phenoxy) is 2. The molecule has 0 unspecified atom stereocenters. The first-order valence-electron chi connectivity index (χ1n) is 17.4. The van der Waals surface area contributed by atoms with Crippen LogP contribution in [0.25, 0.3) is 33.7 Å². The Morgan fingerprint density at radius 2 is 1.70 bits per heavy atom. The standard InChI is InChI=1S/C26H26O6.C18H18ClNS.ClH/c1-14(2)6-11-17-22-18(12-13-26(3,4)32-22)24-20(23(17)30-5)21(28)19(25(29)31-24)15-7-9-16(27)10-8-15;1-20(2)11-5-7-14-15-6-3-4-8-17(15)21-18-10-9-13(19)12-16(14)18;/h6-10,12-13,27-28H,11H2,1-5H3;3-4,6-10,12H,5,11H2,1-2H3;1H. The number of allylic oxidation sites excluding steroid dienone is 2. The van der Waals surface area contributed by atoms with E-state index >= 15 is 0 Å². The number of fused-ring (bicyclic) bond motifs is 5. The van der Waals surface area contributed by atoms with E-state index in [1.165, 1.54) is 45.7 Å². The molecule has 282 valence electrons. The molecule has 2 aliphatic heterocycles. The van der Waals surface area contributed by atoms with Crippen LogP contribution in [0, 0.1) is 0 Å². The zero-order valence-corrected chi connectivity index (χ0v) is 33.8. The number of benzene rings is 4. The van der Waals surface area contributed by atoms with Crippen LogP contribution < -0.4 is 15.1 Å². The summed E-state index contributed by atoms with van der Waals surface area (Å²) in [7, 11) is 5.73. The van der Waals surface area contributed by atoms with Crippen molar-refractivity contribution in [3.63, 3.8) is 0 Å². The maximum Gasteiger partial charge on any atom is 0.348 e. The maximum atomic E-state index is 12.9. The molecule has 0 amide bonds. The van der Waals surface area contributed by atoms with E-state index in [1.54, 1.807) is 12.1 Å². The topological polar surface area (TPSA) is 92.4 Å². The fourth-order valence-corrected chi connectivity index (χ4v) is 7.68. The number of nitrogens with zero attached hydrogens (tertiary/aromatic N) is 1. The van der Waals surface area contributed by atoms with Crippen molar-refractivity contribution in [1.82, 2.24) is 4.90 Å². The molecule has 0 spiro atoms. The van der Waals surface area contributed by atoms with E-state index in [9.17, 15) is 15.0 Å². The summed E-state index contributed by atoms with van der Waals surface area (Å²) in [5.41, 5.74) is 5.73. The molecule has 0 radical (unpaired) electrons. The van der Waals surface area contributed by atoms with E-state index in [0.717, 1.165) is 29.1 Å². The van der Waals surface area contributed by atoms with Crippen LogP contribution in [0.3, 0.4) is 0 Å². The highest BCUT2D eigenvalue weighted by Crippen LogP contribution is 2.50. The van der Waals surface area contributed by atoms with Gasteiger partial charge in [-0.1, -0.05) is 71.4 Å². The van der Waals surface area contributed by atoms with Gasteiger partial charge in [-0.15, -0.1) is 12.4 Å². The van der Waals surface area contributed by atoms with Gasteiger partial charge in [-0.2, -0.15) is 0 Å². The van der Waals surface area contributed by atoms with Crippen molar-refractivity contribution < 1.29 is 24.1 Å². The lowest BCUT2D eigenvalue weighted by Crippen LogP contribution is -2.28. The molecule has 54 heavy (non-hydrogen) atoms. The Labute approximate surface area is 332 Å². The molecule has 10 heteroatoms. The second kappa shape index (κ2) is 16.8. The van der Waals surface area contributed by atoms with Gasteiger partial charge < -0.3 is 29.0 Å². The number of hydrogen-bond acceptors (Lipinski definition) is 8. The number of methoxy groups -OCH3 is 1. The van der Waals surface area contributed by atoms with Crippen LogP contribution in [-0.2, 0) is 6.42 Å². The van der Waals surface area contributed by atoms with E-state index in [-0.39, 0.29) is 35.1 Å². The van der Waals surface area contributed by atoms with Crippen molar-refractivity contribution >= 4 is 58.4 Å². The fourth-order valence-electron chi connectivity index (χ4n) is 6.42. The molecule has 4 aromatic carbocycles. The van der Waals surface area contributed by atoms with Crippen LogP contribution in [-0.4, -0.2) is 48.5 Å². The zero-order valence-electron chi connectivity index (χ0n) is 31.5. The molecular formula is C44H45Cl2NO6S. The predicted octanol–water partition coefficient (Wildman–Crippen LogP) is 11.2. The molecule has 2 aliphatic rings. The van der Waals surface area contributed by atoms with Gasteiger partial charge in [-0.05, 0) is 125 Å². The van der Waals surface area contributed by atoms with E-state index in [4.69, 9.17) is 25.5 Å². The Balaban J connectivity index is 0.000000221. The lowest BCUT2D eigenvalue weighted by molar-refractivity contribution is 0.157.